The van der Waals surface area contributed by atoms with Crippen molar-refractivity contribution in [2.75, 3.05) is 6.54 Å². The standard InChI is InChI=1S/C30H39F2N3O2/c1-29(2,3)27(33-17-11-10-14-26(36)37-30(4,5)6)28-34-25(23-18-22(31)15-16-24(23)32)20-35(28)19-21-12-8-7-9-13-21/h7-9,12-13,15-16,18,20,27,33H,10-11,14,17,19H2,1-6H3. The number of hydrogen-bond acceptors (Lipinski definition) is 4. The zero-order valence-corrected chi connectivity index (χ0v) is 22.8. The molecule has 0 aliphatic carbocycles. The SMILES string of the molecule is CC(C)(C)OC(=O)CCCCNC(c1nc(-c2cc(F)ccc2F)cn1Cc1ccccc1)C(C)(C)C. The van der Waals surface area contributed by atoms with Crippen molar-refractivity contribution in [3.63, 3.8) is 0 Å². The predicted molar refractivity (Wildman–Crippen MR) is 143 cm³/mol. The van der Waals surface area contributed by atoms with E-state index in [9.17, 15) is 13.6 Å². The molecule has 3 rings (SSSR count). The average molecular weight is 512 g/mol. The molecule has 0 bridgehead atoms. The first kappa shape index (κ1) is 28.5. The average Bonchev–Trinajstić information content (AvgIpc) is 3.19. The van der Waals surface area contributed by atoms with E-state index in [0.717, 1.165) is 29.9 Å². The summed E-state index contributed by atoms with van der Waals surface area (Å²) in [4.78, 5) is 16.9. The van der Waals surface area contributed by atoms with Crippen molar-refractivity contribution in [1.82, 2.24) is 14.9 Å². The van der Waals surface area contributed by atoms with Crippen LogP contribution in [0.5, 0.6) is 0 Å². The highest BCUT2D eigenvalue weighted by atomic mass is 19.1. The lowest BCUT2D eigenvalue weighted by molar-refractivity contribution is -0.154. The number of imidazole rings is 1. The monoisotopic (exact) mass is 511 g/mol. The van der Waals surface area contributed by atoms with Crippen molar-refractivity contribution in [2.24, 2.45) is 5.41 Å². The van der Waals surface area contributed by atoms with Crippen LogP contribution < -0.4 is 5.32 Å². The summed E-state index contributed by atoms with van der Waals surface area (Å²) in [5, 5.41) is 3.61. The molecule has 0 saturated carbocycles. The van der Waals surface area contributed by atoms with Gasteiger partial charge in [-0.1, -0.05) is 51.1 Å². The van der Waals surface area contributed by atoms with Gasteiger partial charge in [0.05, 0.1) is 11.7 Å². The Hall–Kier alpha value is -3.06. The maximum atomic E-state index is 14.6. The first-order valence-corrected chi connectivity index (χ1v) is 12.8. The highest BCUT2D eigenvalue weighted by Crippen LogP contribution is 2.35. The van der Waals surface area contributed by atoms with Crippen molar-refractivity contribution in [1.29, 1.82) is 0 Å². The van der Waals surface area contributed by atoms with Gasteiger partial charge in [-0.3, -0.25) is 4.79 Å². The summed E-state index contributed by atoms with van der Waals surface area (Å²) in [5.74, 6) is -0.465. The van der Waals surface area contributed by atoms with Gasteiger partial charge in [0.25, 0.3) is 0 Å². The predicted octanol–water partition coefficient (Wildman–Crippen LogP) is 7.07. The van der Waals surface area contributed by atoms with E-state index in [1.165, 1.54) is 6.07 Å². The Morgan fingerprint density at radius 3 is 2.38 bits per heavy atom. The van der Waals surface area contributed by atoms with Crippen LogP contribution in [-0.2, 0) is 16.1 Å². The molecule has 1 atom stereocenters. The Balaban J connectivity index is 1.83. The highest BCUT2D eigenvalue weighted by molar-refractivity contribution is 5.69. The van der Waals surface area contributed by atoms with E-state index in [-0.39, 0.29) is 23.0 Å². The summed E-state index contributed by atoms with van der Waals surface area (Å²) in [6, 6.07) is 13.2. The number of halogens is 2. The number of hydrogen-bond donors (Lipinski definition) is 1. The van der Waals surface area contributed by atoms with E-state index in [1.54, 1.807) is 6.20 Å². The molecule has 0 spiro atoms. The number of nitrogens with zero attached hydrogens (tertiary/aromatic N) is 2. The quantitative estimate of drug-likeness (QED) is 0.234. The van der Waals surface area contributed by atoms with Crippen LogP contribution >= 0.6 is 0 Å². The molecular formula is C30H39F2N3O2. The summed E-state index contributed by atoms with van der Waals surface area (Å²) in [6.07, 6.45) is 3.65. The normalized spacial score (nSPS) is 13.0. The topological polar surface area (TPSA) is 56.1 Å². The number of nitrogens with one attached hydrogen (secondary N) is 1. The number of rotatable bonds is 10. The molecule has 2 aromatic carbocycles. The smallest absolute Gasteiger partial charge is 0.306 e. The van der Waals surface area contributed by atoms with Gasteiger partial charge in [-0.25, -0.2) is 13.8 Å². The zero-order chi connectivity index (χ0) is 27.2. The Morgan fingerprint density at radius 1 is 1.03 bits per heavy atom. The van der Waals surface area contributed by atoms with E-state index >= 15 is 0 Å². The van der Waals surface area contributed by atoms with Crippen LogP contribution in [0.3, 0.4) is 0 Å². The number of benzene rings is 2. The first-order valence-electron chi connectivity index (χ1n) is 12.8. The van der Waals surface area contributed by atoms with Crippen LogP contribution in [0.4, 0.5) is 8.78 Å². The molecule has 5 nitrogen and oxygen atoms in total. The minimum Gasteiger partial charge on any atom is -0.460 e. The van der Waals surface area contributed by atoms with E-state index < -0.39 is 17.2 Å². The summed E-state index contributed by atoms with van der Waals surface area (Å²) < 4.78 is 36.0. The molecule has 1 heterocycles. The van der Waals surface area contributed by atoms with Crippen molar-refractivity contribution in [3.8, 4) is 11.3 Å². The second kappa shape index (κ2) is 12.0. The second-order valence-corrected chi connectivity index (χ2v) is 11.5. The molecule has 1 unspecified atom stereocenters. The molecule has 0 saturated heterocycles. The summed E-state index contributed by atoms with van der Waals surface area (Å²) >= 11 is 0. The van der Waals surface area contributed by atoms with Crippen LogP contribution in [0, 0.1) is 17.0 Å². The molecule has 200 valence electrons. The molecular weight excluding hydrogens is 472 g/mol. The lowest BCUT2D eigenvalue weighted by atomic mass is 9.86. The third kappa shape index (κ3) is 8.49. The molecule has 0 aliphatic heterocycles. The van der Waals surface area contributed by atoms with Crippen molar-refractivity contribution < 1.29 is 18.3 Å². The number of aromatic nitrogens is 2. The molecule has 0 amide bonds. The lowest BCUT2D eigenvalue weighted by Crippen LogP contribution is -2.35. The number of ether oxygens (including phenoxy) is 1. The van der Waals surface area contributed by atoms with Crippen LogP contribution in [0.2, 0.25) is 0 Å². The zero-order valence-electron chi connectivity index (χ0n) is 22.8. The molecule has 1 N–H and O–H groups in total. The summed E-state index contributed by atoms with van der Waals surface area (Å²) in [6.45, 7) is 13.2. The van der Waals surface area contributed by atoms with Crippen molar-refractivity contribution in [3.05, 3.63) is 77.8 Å². The van der Waals surface area contributed by atoms with Gasteiger partial charge >= 0.3 is 5.97 Å². The maximum absolute atomic E-state index is 14.6. The summed E-state index contributed by atoms with van der Waals surface area (Å²) in [7, 11) is 0. The minimum absolute atomic E-state index is 0.137. The lowest BCUT2D eigenvalue weighted by Gasteiger charge is -2.32. The van der Waals surface area contributed by atoms with Gasteiger partial charge in [0, 0.05) is 24.7 Å². The van der Waals surface area contributed by atoms with Gasteiger partial charge in [0.2, 0.25) is 0 Å². The number of esters is 1. The molecule has 7 heteroatoms. The third-order valence-corrected chi connectivity index (χ3v) is 5.91. The fourth-order valence-electron chi connectivity index (χ4n) is 4.21. The number of carbonyl (C=O) groups excluding carboxylic acids is 1. The van der Waals surface area contributed by atoms with Crippen LogP contribution in [0.1, 0.15) is 78.2 Å². The van der Waals surface area contributed by atoms with Gasteiger partial charge in [-0.05, 0) is 69.3 Å². The van der Waals surface area contributed by atoms with E-state index in [2.05, 4.69) is 26.1 Å². The minimum atomic E-state index is -0.514. The van der Waals surface area contributed by atoms with E-state index in [4.69, 9.17) is 9.72 Å². The number of unbranched alkanes of at least 4 members (excludes halogenated alkanes) is 1. The molecule has 3 aromatic rings. The van der Waals surface area contributed by atoms with Gasteiger partial charge in [0.1, 0.15) is 23.1 Å². The van der Waals surface area contributed by atoms with E-state index in [0.29, 0.717) is 31.6 Å². The summed E-state index contributed by atoms with van der Waals surface area (Å²) in [5.41, 5.74) is 0.906. The fourth-order valence-corrected chi connectivity index (χ4v) is 4.21. The molecule has 1 aromatic heterocycles. The van der Waals surface area contributed by atoms with Gasteiger partial charge in [-0.2, -0.15) is 0 Å². The third-order valence-electron chi connectivity index (χ3n) is 5.91. The Kier molecular flexibility index (Phi) is 9.24. The van der Waals surface area contributed by atoms with Crippen LogP contribution in [0.25, 0.3) is 11.3 Å². The van der Waals surface area contributed by atoms with Gasteiger partial charge in [0.15, 0.2) is 0 Å². The van der Waals surface area contributed by atoms with Crippen molar-refractivity contribution >= 4 is 5.97 Å². The molecule has 0 aliphatic rings. The molecule has 37 heavy (non-hydrogen) atoms. The number of carbonyl (C=O) groups is 1. The first-order chi connectivity index (χ1) is 17.3. The Labute approximate surface area is 219 Å². The van der Waals surface area contributed by atoms with Gasteiger partial charge < -0.3 is 14.6 Å². The maximum Gasteiger partial charge on any atom is 0.306 e. The van der Waals surface area contributed by atoms with Crippen LogP contribution in [-0.4, -0.2) is 27.7 Å². The Bertz CT molecular complexity index is 1180. The Morgan fingerprint density at radius 2 is 1.73 bits per heavy atom. The second-order valence-electron chi connectivity index (χ2n) is 11.5. The largest absolute Gasteiger partial charge is 0.460 e. The van der Waals surface area contributed by atoms with Crippen molar-refractivity contribution in [2.45, 2.75) is 79.0 Å². The molecule has 0 radical (unpaired) electrons. The highest BCUT2D eigenvalue weighted by Gasteiger charge is 2.31. The molecule has 0 fully saturated rings. The van der Waals surface area contributed by atoms with Crippen LogP contribution in [0.15, 0.2) is 54.7 Å². The van der Waals surface area contributed by atoms with Gasteiger partial charge in [-0.15, -0.1) is 0 Å². The fraction of sp³-hybridized carbons (Fsp3) is 0.467. The van der Waals surface area contributed by atoms with E-state index in [1.807, 2.05) is 55.7 Å².